The van der Waals surface area contributed by atoms with E-state index < -0.39 is 0 Å². The molecule has 3 N–H and O–H groups in total. The van der Waals surface area contributed by atoms with E-state index in [1.54, 1.807) is 6.33 Å². The monoisotopic (exact) mass is 331 g/mol. The Hall–Kier alpha value is -3.08. The van der Waals surface area contributed by atoms with Crippen molar-refractivity contribution in [1.82, 2.24) is 9.97 Å². The molecule has 0 saturated heterocycles. The fourth-order valence-corrected chi connectivity index (χ4v) is 3.30. The predicted molar refractivity (Wildman–Crippen MR) is 103 cm³/mol. The molecule has 1 aliphatic rings. The van der Waals surface area contributed by atoms with Gasteiger partial charge in [0.1, 0.15) is 12.0 Å². The summed E-state index contributed by atoms with van der Waals surface area (Å²) in [7, 11) is 0. The lowest BCUT2D eigenvalue weighted by molar-refractivity contribution is 0.759. The number of para-hydroxylation sites is 2. The van der Waals surface area contributed by atoms with Crippen LogP contribution in [0.5, 0.6) is 0 Å². The van der Waals surface area contributed by atoms with Crippen molar-refractivity contribution in [3.05, 3.63) is 66.0 Å². The molecule has 2 aromatic carbocycles. The molecular weight excluding hydrogens is 310 g/mol. The van der Waals surface area contributed by atoms with Crippen LogP contribution in [0.1, 0.15) is 17.5 Å². The largest absolute Gasteiger partial charge is 0.393 e. The van der Waals surface area contributed by atoms with Crippen LogP contribution in [0.25, 0.3) is 0 Å². The van der Waals surface area contributed by atoms with Gasteiger partial charge in [0.2, 0.25) is 0 Å². The van der Waals surface area contributed by atoms with Gasteiger partial charge in [0, 0.05) is 17.9 Å². The van der Waals surface area contributed by atoms with Crippen molar-refractivity contribution in [2.45, 2.75) is 19.8 Å². The van der Waals surface area contributed by atoms with Crippen LogP contribution in [0.2, 0.25) is 0 Å². The molecule has 3 aromatic rings. The topological polar surface area (TPSA) is 67.1 Å². The van der Waals surface area contributed by atoms with E-state index >= 15 is 0 Å². The van der Waals surface area contributed by atoms with Crippen LogP contribution in [0.4, 0.5) is 28.7 Å². The van der Waals surface area contributed by atoms with Gasteiger partial charge in [0.05, 0.1) is 0 Å². The van der Waals surface area contributed by atoms with Gasteiger partial charge in [-0.2, -0.15) is 0 Å². The molecule has 1 aliphatic heterocycles. The van der Waals surface area contributed by atoms with Crippen molar-refractivity contribution >= 4 is 28.7 Å². The third-order valence-corrected chi connectivity index (χ3v) is 4.63. The first-order chi connectivity index (χ1) is 12.2. The summed E-state index contributed by atoms with van der Waals surface area (Å²) in [6, 6.07) is 16.5. The van der Waals surface area contributed by atoms with E-state index in [0.717, 1.165) is 36.5 Å². The second kappa shape index (κ2) is 6.43. The first-order valence-electron chi connectivity index (χ1n) is 8.52. The molecule has 0 bridgehead atoms. The summed E-state index contributed by atoms with van der Waals surface area (Å²) in [5.74, 6) is 1.40. The Morgan fingerprint density at radius 1 is 1.04 bits per heavy atom. The van der Waals surface area contributed by atoms with Crippen LogP contribution >= 0.6 is 0 Å². The number of nitrogens with zero attached hydrogens (tertiary/aromatic N) is 3. The van der Waals surface area contributed by atoms with Crippen molar-refractivity contribution < 1.29 is 0 Å². The van der Waals surface area contributed by atoms with Gasteiger partial charge in [-0.1, -0.05) is 36.4 Å². The van der Waals surface area contributed by atoms with E-state index in [1.165, 1.54) is 11.3 Å². The average molecular weight is 331 g/mol. The Labute approximate surface area is 147 Å². The summed E-state index contributed by atoms with van der Waals surface area (Å²) in [6.45, 7) is 2.96. The molecule has 4 rings (SSSR count). The normalized spacial score (nSPS) is 13.4. The lowest BCUT2D eigenvalue weighted by Crippen LogP contribution is -2.26. The zero-order chi connectivity index (χ0) is 17.2. The third-order valence-electron chi connectivity index (χ3n) is 4.63. The average Bonchev–Trinajstić information content (AvgIpc) is 2.65. The smallest absolute Gasteiger partial charge is 0.161 e. The van der Waals surface area contributed by atoms with E-state index in [-0.39, 0.29) is 0 Å². The lowest BCUT2D eigenvalue weighted by atomic mass is 10.0. The zero-order valence-electron chi connectivity index (χ0n) is 14.2. The number of nitrogen functional groups attached to an aromatic ring is 1. The maximum absolute atomic E-state index is 6.44. The Morgan fingerprint density at radius 2 is 1.84 bits per heavy atom. The Bertz CT molecular complexity index is 906. The van der Waals surface area contributed by atoms with Crippen LogP contribution in [0.3, 0.4) is 0 Å². The molecule has 1 aromatic heterocycles. The van der Waals surface area contributed by atoms with Crippen LogP contribution in [-0.2, 0) is 6.42 Å². The highest BCUT2D eigenvalue weighted by Crippen LogP contribution is 2.37. The van der Waals surface area contributed by atoms with Crippen LogP contribution < -0.4 is 16.0 Å². The van der Waals surface area contributed by atoms with Gasteiger partial charge in [-0.15, -0.1) is 0 Å². The molecular formula is C20H21N5. The second-order valence-corrected chi connectivity index (χ2v) is 6.28. The molecule has 5 nitrogen and oxygen atoms in total. The third kappa shape index (κ3) is 2.89. The van der Waals surface area contributed by atoms with E-state index in [0.29, 0.717) is 11.5 Å². The van der Waals surface area contributed by atoms with Crippen molar-refractivity contribution in [1.29, 1.82) is 0 Å². The molecule has 0 saturated carbocycles. The molecule has 0 radical (unpaired) electrons. The number of fused-ring (bicyclic) bond motifs is 1. The maximum Gasteiger partial charge on any atom is 0.161 e. The summed E-state index contributed by atoms with van der Waals surface area (Å²) in [5, 5.41) is 3.34. The first-order valence-corrected chi connectivity index (χ1v) is 8.52. The summed E-state index contributed by atoms with van der Waals surface area (Å²) >= 11 is 0. The number of hydrogen-bond acceptors (Lipinski definition) is 5. The second-order valence-electron chi connectivity index (χ2n) is 6.28. The van der Waals surface area contributed by atoms with Gasteiger partial charge in [0.25, 0.3) is 0 Å². The van der Waals surface area contributed by atoms with Crippen molar-refractivity contribution in [3.8, 4) is 0 Å². The van der Waals surface area contributed by atoms with Crippen molar-refractivity contribution in [2.24, 2.45) is 0 Å². The van der Waals surface area contributed by atoms with Crippen molar-refractivity contribution in [2.75, 3.05) is 22.5 Å². The minimum absolute atomic E-state index is 0.572. The Morgan fingerprint density at radius 3 is 2.72 bits per heavy atom. The van der Waals surface area contributed by atoms with Gasteiger partial charge in [-0.3, -0.25) is 0 Å². The number of aryl methyl sites for hydroxylation is 2. The maximum atomic E-state index is 6.44. The summed E-state index contributed by atoms with van der Waals surface area (Å²) in [4.78, 5) is 11.0. The molecule has 0 atom stereocenters. The first kappa shape index (κ1) is 15.4. The predicted octanol–water partition coefficient (Wildman–Crippen LogP) is 4.20. The summed E-state index contributed by atoms with van der Waals surface area (Å²) < 4.78 is 0. The number of anilines is 5. The number of aromatic nitrogens is 2. The van der Waals surface area contributed by atoms with Gasteiger partial charge in [-0.05, 0) is 43.0 Å². The highest BCUT2D eigenvalue weighted by atomic mass is 15.2. The fraction of sp³-hybridized carbons (Fsp3) is 0.200. The number of nitrogens with two attached hydrogens (primary N) is 1. The van der Waals surface area contributed by atoms with Gasteiger partial charge >= 0.3 is 0 Å². The molecule has 0 unspecified atom stereocenters. The highest BCUT2D eigenvalue weighted by Gasteiger charge is 2.22. The van der Waals surface area contributed by atoms with E-state index in [2.05, 4.69) is 57.4 Å². The van der Waals surface area contributed by atoms with E-state index in [9.17, 15) is 0 Å². The Balaban J connectivity index is 1.72. The van der Waals surface area contributed by atoms with Gasteiger partial charge in [0.15, 0.2) is 11.6 Å². The summed E-state index contributed by atoms with van der Waals surface area (Å²) in [6.07, 6.45) is 3.75. The van der Waals surface area contributed by atoms with Crippen LogP contribution in [0, 0.1) is 6.92 Å². The zero-order valence-corrected chi connectivity index (χ0v) is 14.2. The SMILES string of the molecule is Cc1ccccc1Nc1ncnc(N2CCCc3ccccc32)c1N. The molecule has 0 amide bonds. The molecule has 0 spiro atoms. The Kier molecular flexibility index (Phi) is 3.98. The minimum atomic E-state index is 0.572. The molecule has 0 aliphatic carbocycles. The molecule has 126 valence electrons. The van der Waals surface area contributed by atoms with Crippen LogP contribution in [0.15, 0.2) is 54.9 Å². The number of benzene rings is 2. The molecule has 5 heteroatoms. The molecule has 25 heavy (non-hydrogen) atoms. The number of hydrogen-bond donors (Lipinski definition) is 2. The fourth-order valence-electron chi connectivity index (χ4n) is 3.30. The van der Waals surface area contributed by atoms with Gasteiger partial charge < -0.3 is 16.0 Å². The van der Waals surface area contributed by atoms with E-state index in [4.69, 9.17) is 5.73 Å². The highest BCUT2D eigenvalue weighted by molar-refractivity contribution is 5.82. The van der Waals surface area contributed by atoms with E-state index in [1.807, 2.05) is 18.2 Å². The molecule has 2 heterocycles. The number of nitrogens with one attached hydrogen (secondary N) is 1. The standard InChI is InChI=1S/C20H21N5/c1-14-7-2-4-10-16(14)24-19-18(21)20(23-13-22-19)25-12-6-9-15-8-3-5-11-17(15)25/h2-5,7-8,10-11,13H,6,9,12,21H2,1H3,(H,22,23,24). The lowest BCUT2D eigenvalue weighted by Gasteiger charge is -2.31. The summed E-state index contributed by atoms with van der Waals surface area (Å²) in [5.41, 5.74) is 11.7. The minimum Gasteiger partial charge on any atom is -0.393 e. The molecule has 0 fully saturated rings. The van der Waals surface area contributed by atoms with Crippen LogP contribution in [-0.4, -0.2) is 16.5 Å². The quantitative estimate of drug-likeness (QED) is 0.753. The van der Waals surface area contributed by atoms with Crippen molar-refractivity contribution in [3.63, 3.8) is 0 Å². The number of rotatable bonds is 3. The van der Waals surface area contributed by atoms with Gasteiger partial charge in [-0.25, -0.2) is 9.97 Å².